The lowest BCUT2D eigenvalue weighted by Crippen LogP contribution is -2.19. The van der Waals surface area contributed by atoms with E-state index in [1.165, 1.54) is 12.1 Å². The van der Waals surface area contributed by atoms with Crippen LogP contribution in [0.4, 0.5) is 24.5 Å². The predicted molar refractivity (Wildman–Crippen MR) is 86.5 cm³/mol. The number of benzene rings is 2. The van der Waals surface area contributed by atoms with Crippen LogP contribution in [0.2, 0.25) is 0 Å². The van der Waals surface area contributed by atoms with E-state index in [4.69, 9.17) is 0 Å². The minimum absolute atomic E-state index is 0.0984. The quantitative estimate of drug-likeness (QED) is 0.602. The van der Waals surface area contributed by atoms with Gasteiger partial charge in [-0.05, 0) is 46.3 Å². The smallest absolute Gasteiger partial charge is 0.320 e. The normalized spacial score (nSPS) is 11.9. The molecule has 0 bridgehead atoms. The lowest BCUT2D eigenvalue weighted by molar-refractivity contribution is -0.137. The highest BCUT2D eigenvalue weighted by Gasteiger charge is 2.30. The fourth-order valence-corrected chi connectivity index (χ4v) is 1.82. The van der Waals surface area contributed by atoms with Gasteiger partial charge >= 0.3 is 6.18 Å². The fraction of sp³-hybridized carbons (Fsp3) is 0.0667. The van der Waals surface area contributed by atoms with Crippen molar-refractivity contribution in [3.8, 4) is 0 Å². The second-order valence-corrected chi connectivity index (χ2v) is 5.16. The summed E-state index contributed by atoms with van der Waals surface area (Å²) in [6, 6.07) is 13.2. The second-order valence-electron chi connectivity index (χ2n) is 4.41. The highest BCUT2D eigenvalue weighted by Crippen LogP contribution is 2.30. The zero-order chi connectivity index (χ0) is 16.9. The zero-order valence-corrected chi connectivity index (χ0v) is 13.1. The van der Waals surface area contributed by atoms with Crippen LogP contribution in [0.3, 0.4) is 0 Å². The number of carbonyl (C=O) groups excluding carboxylic acids is 1. The molecule has 0 saturated carbocycles. The van der Waals surface area contributed by atoms with E-state index in [-0.39, 0.29) is 10.3 Å². The molecule has 0 radical (unpaired) electrons. The molecule has 2 aromatic carbocycles. The summed E-state index contributed by atoms with van der Waals surface area (Å²) in [4.78, 5) is 11.9. The number of nitrogens with one attached hydrogen (secondary N) is 2. The number of alkyl halides is 3. The number of para-hydroxylation sites is 1. The SMILES string of the molecule is O=C(Nc1ccccc1)C(Br)=NNc1cccc(C(F)(F)F)c1. The molecule has 120 valence electrons. The number of amides is 1. The van der Waals surface area contributed by atoms with Gasteiger partial charge in [0.15, 0.2) is 4.62 Å². The Hall–Kier alpha value is -2.35. The van der Waals surface area contributed by atoms with E-state index in [1.54, 1.807) is 30.3 Å². The Labute approximate surface area is 138 Å². The van der Waals surface area contributed by atoms with Crippen LogP contribution in [0.5, 0.6) is 0 Å². The number of nitrogens with zero attached hydrogens (tertiary/aromatic N) is 1. The van der Waals surface area contributed by atoms with Crippen molar-refractivity contribution >= 4 is 37.8 Å². The van der Waals surface area contributed by atoms with Crippen LogP contribution in [-0.2, 0) is 11.0 Å². The van der Waals surface area contributed by atoms with Crippen molar-refractivity contribution in [1.29, 1.82) is 0 Å². The van der Waals surface area contributed by atoms with E-state index in [0.29, 0.717) is 5.69 Å². The Morgan fingerprint density at radius 2 is 1.65 bits per heavy atom. The molecule has 0 aliphatic rings. The molecular weight excluding hydrogens is 375 g/mol. The number of hydrogen-bond donors (Lipinski definition) is 2. The van der Waals surface area contributed by atoms with Crippen molar-refractivity contribution in [2.45, 2.75) is 6.18 Å². The summed E-state index contributed by atoms with van der Waals surface area (Å²) in [6.07, 6.45) is -4.44. The van der Waals surface area contributed by atoms with Gasteiger partial charge in [-0.1, -0.05) is 24.3 Å². The van der Waals surface area contributed by atoms with E-state index in [9.17, 15) is 18.0 Å². The molecule has 0 aromatic heterocycles. The van der Waals surface area contributed by atoms with Gasteiger partial charge in [0.2, 0.25) is 0 Å². The first kappa shape index (κ1) is 17.0. The van der Waals surface area contributed by atoms with Gasteiger partial charge in [-0.25, -0.2) is 0 Å². The zero-order valence-electron chi connectivity index (χ0n) is 11.6. The maximum atomic E-state index is 12.6. The number of halogens is 4. The summed E-state index contributed by atoms with van der Waals surface area (Å²) in [5.74, 6) is -0.532. The number of carbonyl (C=O) groups is 1. The van der Waals surface area contributed by atoms with Gasteiger partial charge in [-0.15, -0.1) is 0 Å². The Morgan fingerprint density at radius 1 is 1.00 bits per heavy atom. The van der Waals surface area contributed by atoms with Crippen LogP contribution in [0.15, 0.2) is 59.7 Å². The lowest BCUT2D eigenvalue weighted by atomic mass is 10.2. The van der Waals surface area contributed by atoms with E-state index < -0.39 is 17.6 Å². The van der Waals surface area contributed by atoms with Gasteiger partial charge in [0.1, 0.15) is 0 Å². The maximum absolute atomic E-state index is 12.6. The minimum Gasteiger partial charge on any atom is -0.320 e. The van der Waals surface area contributed by atoms with Crippen LogP contribution in [0, 0.1) is 0 Å². The number of hydrogen-bond acceptors (Lipinski definition) is 3. The molecule has 0 atom stereocenters. The third-order valence-corrected chi connectivity index (χ3v) is 3.23. The third-order valence-electron chi connectivity index (χ3n) is 2.69. The first-order chi connectivity index (χ1) is 10.9. The first-order valence-corrected chi connectivity index (χ1v) is 7.18. The first-order valence-electron chi connectivity index (χ1n) is 6.39. The van der Waals surface area contributed by atoms with Gasteiger partial charge < -0.3 is 5.32 Å². The van der Waals surface area contributed by atoms with Crippen molar-refractivity contribution in [2.24, 2.45) is 5.10 Å². The van der Waals surface area contributed by atoms with Gasteiger partial charge in [0.05, 0.1) is 11.3 Å². The van der Waals surface area contributed by atoms with Crippen LogP contribution in [0.25, 0.3) is 0 Å². The van der Waals surface area contributed by atoms with Crippen molar-refractivity contribution in [3.63, 3.8) is 0 Å². The topological polar surface area (TPSA) is 53.5 Å². The highest BCUT2D eigenvalue weighted by atomic mass is 79.9. The molecule has 2 N–H and O–H groups in total. The molecule has 8 heteroatoms. The molecule has 0 heterocycles. The Kier molecular flexibility index (Phi) is 5.38. The molecule has 0 aliphatic heterocycles. The molecular formula is C15H11BrF3N3O. The van der Waals surface area contributed by atoms with E-state index in [0.717, 1.165) is 12.1 Å². The number of anilines is 2. The number of hydrazone groups is 1. The van der Waals surface area contributed by atoms with Crippen LogP contribution >= 0.6 is 15.9 Å². The largest absolute Gasteiger partial charge is 0.416 e. The Morgan fingerprint density at radius 3 is 2.30 bits per heavy atom. The second kappa shape index (κ2) is 7.28. The van der Waals surface area contributed by atoms with Gasteiger partial charge in [-0.3, -0.25) is 10.2 Å². The number of rotatable bonds is 4. The molecule has 0 unspecified atom stereocenters. The molecule has 0 spiro atoms. The molecule has 0 saturated heterocycles. The molecule has 23 heavy (non-hydrogen) atoms. The van der Waals surface area contributed by atoms with E-state index in [2.05, 4.69) is 31.8 Å². The standard InChI is InChI=1S/C15H11BrF3N3O/c16-13(14(23)20-11-6-2-1-3-7-11)22-21-12-8-4-5-10(9-12)15(17,18)19/h1-9,21H,(H,20,23). The van der Waals surface area contributed by atoms with Crippen molar-refractivity contribution in [2.75, 3.05) is 10.7 Å². The summed E-state index contributed by atoms with van der Waals surface area (Å²) in [5, 5.41) is 6.29. The van der Waals surface area contributed by atoms with Crippen LogP contribution < -0.4 is 10.7 Å². The Bertz CT molecular complexity index is 717. The summed E-state index contributed by atoms with van der Waals surface area (Å²) >= 11 is 2.97. The lowest BCUT2D eigenvalue weighted by Gasteiger charge is -2.08. The van der Waals surface area contributed by atoms with Crippen LogP contribution in [-0.4, -0.2) is 10.5 Å². The summed E-state index contributed by atoms with van der Waals surface area (Å²) in [6.45, 7) is 0. The van der Waals surface area contributed by atoms with Gasteiger partial charge in [0.25, 0.3) is 5.91 Å². The van der Waals surface area contributed by atoms with Crippen LogP contribution in [0.1, 0.15) is 5.56 Å². The van der Waals surface area contributed by atoms with Crippen molar-refractivity contribution in [3.05, 3.63) is 60.2 Å². The molecule has 2 rings (SSSR count). The summed E-state index contributed by atoms with van der Waals surface area (Å²) < 4.78 is 37.7. The maximum Gasteiger partial charge on any atom is 0.416 e. The Balaban J connectivity index is 2.03. The molecule has 1 amide bonds. The average Bonchev–Trinajstić information content (AvgIpc) is 2.53. The molecule has 0 fully saturated rings. The van der Waals surface area contributed by atoms with Gasteiger partial charge in [0, 0.05) is 5.69 Å². The molecule has 4 nitrogen and oxygen atoms in total. The van der Waals surface area contributed by atoms with Crippen molar-refractivity contribution < 1.29 is 18.0 Å². The van der Waals surface area contributed by atoms with Crippen molar-refractivity contribution in [1.82, 2.24) is 0 Å². The predicted octanol–water partition coefficient (Wildman–Crippen LogP) is 4.46. The average molecular weight is 386 g/mol. The summed E-state index contributed by atoms with van der Waals surface area (Å²) in [5.41, 5.74) is 2.29. The fourth-order valence-electron chi connectivity index (χ4n) is 1.63. The minimum atomic E-state index is -4.44. The third kappa shape index (κ3) is 5.10. The summed E-state index contributed by atoms with van der Waals surface area (Å²) in [7, 11) is 0. The monoisotopic (exact) mass is 385 g/mol. The molecule has 2 aromatic rings. The van der Waals surface area contributed by atoms with E-state index in [1.807, 2.05) is 0 Å². The molecule has 0 aliphatic carbocycles. The van der Waals surface area contributed by atoms with Gasteiger partial charge in [-0.2, -0.15) is 18.3 Å². The van der Waals surface area contributed by atoms with E-state index >= 15 is 0 Å². The highest BCUT2D eigenvalue weighted by molar-refractivity contribution is 9.19.